The van der Waals surface area contributed by atoms with E-state index in [0.29, 0.717) is 41.6 Å². The molecule has 3 aliphatic heterocycles. The van der Waals surface area contributed by atoms with Crippen LogP contribution in [0.2, 0.25) is 0 Å². The first-order chi connectivity index (χ1) is 22.8. The Balaban J connectivity index is 1.02. The maximum Gasteiger partial charge on any atom is 0.340 e. The molecule has 5 N–H and O–H groups in total. The Kier molecular flexibility index (Phi) is 7.78. The van der Waals surface area contributed by atoms with Gasteiger partial charge < -0.3 is 44.7 Å². The lowest BCUT2D eigenvalue weighted by Crippen LogP contribution is -2.34. The maximum absolute atomic E-state index is 13.5. The van der Waals surface area contributed by atoms with Gasteiger partial charge in [0.1, 0.15) is 34.7 Å². The van der Waals surface area contributed by atoms with Gasteiger partial charge in [-0.25, -0.2) is 9.78 Å². The molecule has 3 aromatic carbocycles. The van der Waals surface area contributed by atoms with Crippen molar-refractivity contribution in [3.8, 4) is 23.0 Å². The molecule has 0 bridgehead atoms. The predicted molar refractivity (Wildman–Crippen MR) is 164 cm³/mol. The maximum atomic E-state index is 13.5. The average Bonchev–Trinajstić information content (AvgIpc) is 3.81. The first-order valence-corrected chi connectivity index (χ1v) is 15.4. The summed E-state index contributed by atoms with van der Waals surface area (Å²) in [6.45, 7) is 0.531. The summed E-state index contributed by atoms with van der Waals surface area (Å²) in [5, 5.41) is 36.0. The highest BCUT2D eigenvalue weighted by molar-refractivity contribution is 6.02. The number of amides is 2. The Labute approximate surface area is 268 Å². The molecular formula is C34H32N4O9. The van der Waals surface area contributed by atoms with E-state index in [1.807, 2.05) is 0 Å². The Morgan fingerprint density at radius 2 is 1.72 bits per heavy atom. The monoisotopic (exact) mass is 640 g/mol. The van der Waals surface area contributed by atoms with E-state index >= 15 is 0 Å². The van der Waals surface area contributed by atoms with Crippen molar-refractivity contribution in [3.63, 3.8) is 0 Å². The van der Waals surface area contributed by atoms with Crippen LogP contribution in [0.4, 0.5) is 0 Å². The molecule has 47 heavy (non-hydrogen) atoms. The molecule has 4 heterocycles. The van der Waals surface area contributed by atoms with Gasteiger partial charge in [0.2, 0.25) is 0 Å². The minimum Gasteiger partial charge on any atom is -0.508 e. The van der Waals surface area contributed by atoms with Gasteiger partial charge in [0.25, 0.3) is 11.8 Å². The lowest BCUT2D eigenvalue weighted by molar-refractivity contribution is -0.0224. The summed E-state index contributed by atoms with van der Waals surface area (Å²) in [5.74, 6) is -1.74. The van der Waals surface area contributed by atoms with E-state index in [4.69, 9.17) is 14.2 Å². The van der Waals surface area contributed by atoms with Gasteiger partial charge in [-0.2, -0.15) is 0 Å². The lowest BCUT2D eigenvalue weighted by atomic mass is 9.77. The summed E-state index contributed by atoms with van der Waals surface area (Å²) in [7, 11) is 0. The highest BCUT2D eigenvalue weighted by atomic mass is 16.6. The number of imidazole rings is 1. The second-order valence-corrected chi connectivity index (χ2v) is 11.6. The van der Waals surface area contributed by atoms with Crippen LogP contribution in [0, 0.1) is 0 Å². The molecule has 7 rings (SSSR count). The summed E-state index contributed by atoms with van der Waals surface area (Å²) < 4.78 is 19.7. The number of aromatic nitrogens is 2. The third kappa shape index (κ3) is 5.22. The van der Waals surface area contributed by atoms with Crippen molar-refractivity contribution in [2.75, 3.05) is 19.7 Å². The number of nitrogens with one attached hydrogen (secondary N) is 2. The number of aromatic hydroxyl groups is 2. The van der Waals surface area contributed by atoms with Crippen LogP contribution in [-0.2, 0) is 15.1 Å². The number of phenols is 2. The molecule has 0 aliphatic carbocycles. The molecule has 0 saturated carbocycles. The summed E-state index contributed by atoms with van der Waals surface area (Å²) in [4.78, 5) is 43.3. The molecule has 4 aromatic rings. The molecule has 2 amide bonds. The fourth-order valence-electron chi connectivity index (χ4n) is 6.42. The summed E-state index contributed by atoms with van der Waals surface area (Å²) in [6, 6.07) is 14.3. The number of phenolic OH excluding ortho intramolecular Hbond substituents is 2. The first kappa shape index (κ1) is 30.3. The van der Waals surface area contributed by atoms with E-state index in [9.17, 15) is 29.7 Å². The van der Waals surface area contributed by atoms with E-state index < -0.39 is 17.5 Å². The number of carbonyl (C=O) groups is 3. The number of unbranched alkanes of at least 4 members (excludes halogenated alkanes) is 1. The molecule has 1 unspecified atom stereocenters. The highest BCUT2D eigenvalue weighted by Gasteiger charge is 2.54. The molecule has 1 spiro atoms. The van der Waals surface area contributed by atoms with Crippen LogP contribution in [0.15, 0.2) is 67.1 Å². The molecule has 242 valence electrons. The second kappa shape index (κ2) is 12.1. The van der Waals surface area contributed by atoms with Crippen molar-refractivity contribution in [1.29, 1.82) is 0 Å². The molecule has 3 aliphatic rings. The molecule has 1 saturated heterocycles. The number of hydrogen-bond donors (Lipinski definition) is 5. The van der Waals surface area contributed by atoms with Crippen molar-refractivity contribution in [2.45, 2.75) is 43.6 Å². The zero-order valence-corrected chi connectivity index (χ0v) is 25.1. The smallest absolute Gasteiger partial charge is 0.340 e. The Hall–Kier alpha value is -5.40. The molecular weight excluding hydrogens is 608 g/mol. The van der Waals surface area contributed by atoms with Crippen molar-refractivity contribution in [3.05, 3.63) is 101 Å². The topological polar surface area (TPSA) is 181 Å². The van der Waals surface area contributed by atoms with Crippen LogP contribution >= 0.6 is 0 Å². The SMILES string of the molecule is O=C(NCCCCNC(=O)c1c(O)ccc2c1Oc1cc(O)ccc1C21OC(=O)c2ccccc21)c1cn([C@@H]2CC[C@@H](CO)O2)cn1. The zero-order chi connectivity index (χ0) is 32.7. The number of carbonyl (C=O) groups excluding carboxylic acids is 3. The first-order valence-electron chi connectivity index (χ1n) is 15.4. The van der Waals surface area contributed by atoms with Crippen molar-refractivity contribution >= 4 is 17.8 Å². The third-order valence-electron chi connectivity index (χ3n) is 8.70. The summed E-state index contributed by atoms with van der Waals surface area (Å²) in [5.41, 5.74) is 0.377. The van der Waals surface area contributed by atoms with Crippen LogP contribution < -0.4 is 15.4 Å². The van der Waals surface area contributed by atoms with Gasteiger partial charge in [-0.05, 0) is 56.0 Å². The number of aliphatic hydroxyl groups is 1. The number of esters is 1. The minimum absolute atomic E-state index is 0.00619. The summed E-state index contributed by atoms with van der Waals surface area (Å²) >= 11 is 0. The molecule has 1 aromatic heterocycles. The van der Waals surface area contributed by atoms with Gasteiger partial charge in [0.05, 0.1) is 24.6 Å². The molecule has 13 nitrogen and oxygen atoms in total. The standard InChI is InChI=1S/C34H32N4O9/c39-17-20-8-12-28(45-20)38-16-25(37-18-38)31(42)35-13-3-4-14-36-32(43)29-26(41)11-10-24-30(29)46-27-15-19(40)7-9-23(27)34(24)22-6-2-1-5-21(22)33(44)47-34/h1-2,5-7,9-11,15-16,18,20,28,39-41H,3-4,8,12-14,17H2,(H,35,42)(H,36,43)/t20-,28-,34?/m0/s1. The normalized spacial score (nSPS) is 20.6. The van der Waals surface area contributed by atoms with Crippen molar-refractivity contribution in [2.24, 2.45) is 0 Å². The van der Waals surface area contributed by atoms with Crippen LogP contribution in [0.3, 0.4) is 0 Å². The van der Waals surface area contributed by atoms with Gasteiger partial charge in [-0.3, -0.25) is 9.59 Å². The van der Waals surface area contributed by atoms with Crippen LogP contribution in [0.25, 0.3) is 0 Å². The van der Waals surface area contributed by atoms with E-state index in [2.05, 4.69) is 15.6 Å². The summed E-state index contributed by atoms with van der Waals surface area (Å²) in [6.07, 6.45) is 5.20. The largest absolute Gasteiger partial charge is 0.508 e. The Morgan fingerprint density at radius 1 is 0.957 bits per heavy atom. The quantitative estimate of drug-likeness (QED) is 0.134. The third-order valence-corrected chi connectivity index (χ3v) is 8.70. The highest BCUT2D eigenvalue weighted by Crippen LogP contribution is 2.58. The fourth-order valence-corrected chi connectivity index (χ4v) is 6.42. The van der Waals surface area contributed by atoms with Gasteiger partial charge in [0, 0.05) is 42.0 Å². The van der Waals surface area contributed by atoms with Gasteiger partial charge in [-0.15, -0.1) is 0 Å². The van der Waals surface area contributed by atoms with Crippen molar-refractivity contribution in [1.82, 2.24) is 20.2 Å². The van der Waals surface area contributed by atoms with E-state index in [0.717, 1.165) is 12.8 Å². The van der Waals surface area contributed by atoms with Crippen LogP contribution in [0.5, 0.6) is 23.0 Å². The minimum atomic E-state index is -1.47. The molecule has 0 radical (unpaired) electrons. The zero-order valence-electron chi connectivity index (χ0n) is 25.1. The van der Waals surface area contributed by atoms with Crippen LogP contribution in [-0.4, -0.2) is 68.5 Å². The number of aliphatic hydroxyl groups excluding tert-OH is 1. The lowest BCUT2D eigenvalue weighted by Gasteiger charge is -2.37. The van der Waals surface area contributed by atoms with E-state index in [-0.39, 0.29) is 65.6 Å². The van der Waals surface area contributed by atoms with E-state index in [1.54, 1.807) is 47.2 Å². The number of rotatable bonds is 9. The fraction of sp³-hybridized carbons (Fsp3) is 0.294. The average molecular weight is 641 g/mol. The van der Waals surface area contributed by atoms with Gasteiger partial charge in [0.15, 0.2) is 11.4 Å². The Bertz CT molecular complexity index is 1890. The van der Waals surface area contributed by atoms with Gasteiger partial charge in [-0.1, -0.05) is 18.2 Å². The number of nitrogens with zero attached hydrogens (tertiary/aromatic N) is 2. The van der Waals surface area contributed by atoms with E-state index in [1.165, 1.54) is 24.5 Å². The predicted octanol–water partition coefficient (Wildman–Crippen LogP) is 3.47. The van der Waals surface area contributed by atoms with Crippen molar-refractivity contribution < 1.29 is 43.9 Å². The van der Waals surface area contributed by atoms with Crippen LogP contribution in [0.1, 0.15) is 79.8 Å². The Morgan fingerprint density at radius 3 is 2.51 bits per heavy atom. The second-order valence-electron chi connectivity index (χ2n) is 11.6. The number of ether oxygens (including phenoxy) is 3. The molecule has 3 atom stereocenters. The van der Waals surface area contributed by atoms with Gasteiger partial charge >= 0.3 is 5.97 Å². The number of fused-ring (bicyclic) bond motifs is 6. The number of hydrogen-bond acceptors (Lipinski definition) is 10. The molecule has 13 heteroatoms. The number of benzene rings is 3. The molecule has 1 fully saturated rings.